The molecule has 0 radical (unpaired) electrons. The van der Waals surface area contributed by atoms with Gasteiger partial charge >= 0.3 is 0 Å². The van der Waals surface area contributed by atoms with E-state index in [0.717, 1.165) is 5.56 Å². The van der Waals surface area contributed by atoms with Crippen molar-refractivity contribution in [3.63, 3.8) is 0 Å². The summed E-state index contributed by atoms with van der Waals surface area (Å²) in [6.07, 6.45) is 0.650. The third-order valence-corrected chi connectivity index (χ3v) is 5.32. The largest absolute Gasteiger partial charge is 0.508 e. The standard InChI is InChI=1S/C21H20FN3O4/c22-14-5-3-13(4-6-14)19(27)23-15-10-18-20(28)24-17(21(29)25(18)11-15)9-12-1-7-16(26)8-2-12/h1-8,15,17-18,26H,9-11H2,(H,23,27)(H,24,28)/t15-,17+,18-/m0/s1. The minimum atomic E-state index is -0.685. The van der Waals surface area contributed by atoms with Gasteiger partial charge < -0.3 is 20.6 Å². The molecule has 2 heterocycles. The zero-order valence-corrected chi connectivity index (χ0v) is 15.5. The van der Waals surface area contributed by atoms with Crippen LogP contribution < -0.4 is 10.6 Å². The molecule has 150 valence electrons. The molecule has 7 nitrogen and oxygen atoms in total. The van der Waals surface area contributed by atoms with Gasteiger partial charge in [-0.15, -0.1) is 0 Å². The van der Waals surface area contributed by atoms with Gasteiger partial charge in [-0.25, -0.2) is 4.39 Å². The third kappa shape index (κ3) is 3.91. The van der Waals surface area contributed by atoms with Crippen LogP contribution in [0, 0.1) is 5.82 Å². The molecule has 4 rings (SSSR count). The Morgan fingerprint density at radius 2 is 1.83 bits per heavy atom. The van der Waals surface area contributed by atoms with Crippen LogP contribution in [-0.2, 0) is 16.0 Å². The van der Waals surface area contributed by atoms with E-state index in [2.05, 4.69) is 10.6 Å². The van der Waals surface area contributed by atoms with E-state index in [1.165, 1.54) is 41.3 Å². The number of carbonyl (C=O) groups excluding carboxylic acids is 3. The summed E-state index contributed by atoms with van der Waals surface area (Å²) < 4.78 is 13.0. The highest BCUT2D eigenvalue weighted by Crippen LogP contribution is 2.24. The summed E-state index contributed by atoms with van der Waals surface area (Å²) >= 11 is 0. The number of nitrogens with zero attached hydrogens (tertiary/aromatic N) is 1. The van der Waals surface area contributed by atoms with Crippen molar-refractivity contribution in [3.8, 4) is 5.75 Å². The molecule has 2 aliphatic rings. The highest BCUT2D eigenvalue weighted by atomic mass is 19.1. The van der Waals surface area contributed by atoms with Gasteiger partial charge in [0.15, 0.2) is 0 Å². The van der Waals surface area contributed by atoms with E-state index in [1.807, 2.05) is 0 Å². The number of hydrogen-bond donors (Lipinski definition) is 3. The first kappa shape index (κ1) is 18.9. The smallest absolute Gasteiger partial charge is 0.251 e. The van der Waals surface area contributed by atoms with Gasteiger partial charge in [0.25, 0.3) is 5.91 Å². The topological polar surface area (TPSA) is 98.7 Å². The van der Waals surface area contributed by atoms with E-state index in [0.29, 0.717) is 18.4 Å². The van der Waals surface area contributed by atoms with Crippen LogP contribution in [0.25, 0.3) is 0 Å². The molecule has 3 amide bonds. The molecular formula is C21H20FN3O4. The SMILES string of the molecule is O=C(N[C@H]1C[C@H]2C(=O)N[C@H](Cc3ccc(O)cc3)C(=O)N2C1)c1ccc(F)cc1. The molecule has 0 bridgehead atoms. The molecule has 0 unspecified atom stereocenters. The fraction of sp³-hybridized carbons (Fsp3) is 0.286. The predicted octanol–water partition coefficient (Wildman–Crippen LogP) is 0.972. The van der Waals surface area contributed by atoms with Crippen molar-refractivity contribution in [3.05, 3.63) is 65.5 Å². The van der Waals surface area contributed by atoms with Crippen molar-refractivity contribution in [2.24, 2.45) is 0 Å². The van der Waals surface area contributed by atoms with Crippen LogP contribution in [0.1, 0.15) is 22.3 Å². The second-order valence-electron chi connectivity index (χ2n) is 7.35. The normalized spacial score (nSPS) is 23.5. The van der Waals surface area contributed by atoms with E-state index < -0.39 is 17.9 Å². The lowest BCUT2D eigenvalue weighted by molar-refractivity contribution is -0.147. The van der Waals surface area contributed by atoms with E-state index in [4.69, 9.17) is 0 Å². The number of hydrogen-bond acceptors (Lipinski definition) is 4. The summed E-state index contributed by atoms with van der Waals surface area (Å²) in [5.41, 5.74) is 1.14. The molecule has 29 heavy (non-hydrogen) atoms. The second kappa shape index (κ2) is 7.54. The molecule has 8 heteroatoms. The summed E-state index contributed by atoms with van der Waals surface area (Å²) in [7, 11) is 0. The molecule has 2 fully saturated rings. The van der Waals surface area contributed by atoms with Crippen LogP contribution in [0.4, 0.5) is 4.39 Å². The van der Waals surface area contributed by atoms with E-state index in [1.54, 1.807) is 12.1 Å². The number of aromatic hydroxyl groups is 1. The minimum Gasteiger partial charge on any atom is -0.508 e. The average Bonchev–Trinajstić information content (AvgIpc) is 3.13. The lowest BCUT2D eigenvalue weighted by atomic mass is 10.0. The molecule has 2 aliphatic heterocycles. The van der Waals surface area contributed by atoms with Gasteiger partial charge in [-0.1, -0.05) is 12.1 Å². The second-order valence-corrected chi connectivity index (χ2v) is 7.35. The minimum absolute atomic E-state index is 0.132. The lowest BCUT2D eigenvalue weighted by Crippen LogP contribution is -2.61. The van der Waals surface area contributed by atoms with Gasteiger partial charge in [0.05, 0.1) is 0 Å². The average molecular weight is 397 g/mol. The van der Waals surface area contributed by atoms with Gasteiger partial charge in [-0.3, -0.25) is 14.4 Å². The van der Waals surface area contributed by atoms with Gasteiger partial charge in [0.1, 0.15) is 23.7 Å². The molecule has 2 saturated heterocycles. The molecule has 3 atom stereocenters. The van der Waals surface area contributed by atoms with Crippen LogP contribution in [0.2, 0.25) is 0 Å². The highest BCUT2D eigenvalue weighted by Gasteiger charge is 2.46. The number of halogens is 1. The molecule has 2 aromatic rings. The Bertz CT molecular complexity index is 945. The molecule has 0 spiro atoms. The number of phenolic OH excluding ortho intramolecular Hbond substituents is 1. The van der Waals surface area contributed by atoms with Crippen LogP contribution in [0.15, 0.2) is 48.5 Å². The lowest BCUT2D eigenvalue weighted by Gasteiger charge is -2.34. The number of benzene rings is 2. The molecule has 2 aromatic carbocycles. The maximum atomic E-state index is 13.0. The molecular weight excluding hydrogens is 377 g/mol. The zero-order valence-electron chi connectivity index (χ0n) is 15.5. The molecule has 0 saturated carbocycles. The maximum absolute atomic E-state index is 13.0. The van der Waals surface area contributed by atoms with E-state index >= 15 is 0 Å². The maximum Gasteiger partial charge on any atom is 0.251 e. The first-order valence-corrected chi connectivity index (χ1v) is 9.36. The molecule has 0 aromatic heterocycles. The first-order chi connectivity index (χ1) is 13.9. The number of phenols is 1. The Morgan fingerprint density at radius 3 is 2.52 bits per heavy atom. The van der Waals surface area contributed by atoms with Crippen LogP contribution >= 0.6 is 0 Å². The highest BCUT2D eigenvalue weighted by molar-refractivity contribution is 5.98. The summed E-state index contributed by atoms with van der Waals surface area (Å²) in [4.78, 5) is 39.3. The molecule has 0 aliphatic carbocycles. The van der Waals surface area contributed by atoms with Gasteiger partial charge in [0, 0.05) is 24.6 Å². The molecule has 3 N–H and O–H groups in total. The number of nitrogens with one attached hydrogen (secondary N) is 2. The monoisotopic (exact) mass is 397 g/mol. The summed E-state index contributed by atoms with van der Waals surface area (Å²) in [5, 5.41) is 15.0. The fourth-order valence-corrected chi connectivity index (χ4v) is 3.84. The Morgan fingerprint density at radius 1 is 1.14 bits per heavy atom. The number of fused-ring (bicyclic) bond motifs is 1. The van der Waals surface area contributed by atoms with Crippen LogP contribution in [0.5, 0.6) is 5.75 Å². The predicted molar refractivity (Wildman–Crippen MR) is 102 cm³/mol. The summed E-state index contributed by atoms with van der Waals surface area (Å²) in [6.45, 7) is 0.246. The van der Waals surface area contributed by atoms with Gasteiger partial charge in [-0.2, -0.15) is 0 Å². The van der Waals surface area contributed by atoms with Crippen molar-refractivity contribution in [1.82, 2.24) is 15.5 Å². The van der Waals surface area contributed by atoms with Crippen molar-refractivity contribution in [2.75, 3.05) is 6.54 Å². The van der Waals surface area contributed by atoms with Crippen molar-refractivity contribution >= 4 is 17.7 Å². The number of rotatable bonds is 4. The Labute approximate surface area is 166 Å². The van der Waals surface area contributed by atoms with Crippen LogP contribution in [0.3, 0.4) is 0 Å². The van der Waals surface area contributed by atoms with Crippen molar-refractivity contribution < 1.29 is 23.9 Å². The number of carbonyl (C=O) groups is 3. The third-order valence-electron chi connectivity index (χ3n) is 5.32. The number of amides is 3. The zero-order chi connectivity index (χ0) is 20.5. The van der Waals surface area contributed by atoms with Crippen LogP contribution in [-0.4, -0.2) is 52.4 Å². The first-order valence-electron chi connectivity index (χ1n) is 9.36. The summed E-state index contributed by atoms with van der Waals surface area (Å²) in [6, 6.07) is 10.0. The van der Waals surface area contributed by atoms with Crippen molar-refractivity contribution in [2.45, 2.75) is 31.0 Å². The quantitative estimate of drug-likeness (QED) is 0.716. The summed E-state index contributed by atoms with van der Waals surface area (Å²) in [5.74, 6) is -1.11. The fourth-order valence-electron chi connectivity index (χ4n) is 3.84. The van der Waals surface area contributed by atoms with Gasteiger partial charge in [0.2, 0.25) is 11.8 Å². The Hall–Kier alpha value is -3.42. The Kier molecular flexibility index (Phi) is 4.92. The van der Waals surface area contributed by atoms with Gasteiger partial charge in [-0.05, 0) is 48.4 Å². The van der Waals surface area contributed by atoms with E-state index in [9.17, 15) is 23.9 Å². The number of piperazine rings is 1. The van der Waals surface area contributed by atoms with Crippen molar-refractivity contribution in [1.29, 1.82) is 0 Å². The Balaban J connectivity index is 1.42. The van der Waals surface area contributed by atoms with E-state index in [-0.39, 0.29) is 36.1 Å².